The van der Waals surface area contributed by atoms with Crippen molar-refractivity contribution in [2.45, 2.75) is 45.3 Å². The monoisotopic (exact) mass is 421 g/mol. The van der Waals surface area contributed by atoms with Gasteiger partial charge in [0.2, 0.25) is 5.91 Å². The Bertz CT molecular complexity index is 972. The minimum Gasteiger partial charge on any atom is -0.448 e. The van der Waals surface area contributed by atoms with E-state index in [-0.39, 0.29) is 42.4 Å². The molecule has 0 bridgehead atoms. The standard InChI is InChI=1S/C19H23N3O6S/c1-12-5-3-4-6-15(12)20-18(24)13(2)28-19(25)16-7-8-17(23)22(21-16)14-9-10-29(26,27)11-14/h3-6,13-14H,7-11H2,1-2H3,(H,20,24)/t13-,14-/m0/s1. The number of amides is 2. The second kappa shape index (κ2) is 8.32. The van der Waals surface area contributed by atoms with E-state index in [1.165, 1.54) is 6.92 Å². The van der Waals surface area contributed by atoms with Crippen molar-refractivity contribution in [3.63, 3.8) is 0 Å². The number of hydrogen-bond donors (Lipinski definition) is 1. The minimum absolute atomic E-state index is 0.00411. The highest BCUT2D eigenvalue weighted by molar-refractivity contribution is 7.91. The molecule has 3 rings (SSSR count). The van der Waals surface area contributed by atoms with Crippen molar-refractivity contribution >= 4 is 39.0 Å². The predicted octanol–water partition coefficient (Wildman–Crippen LogP) is 1.03. The normalized spacial score (nSPS) is 22.0. The van der Waals surface area contributed by atoms with Crippen molar-refractivity contribution < 1.29 is 27.5 Å². The summed E-state index contributed by atoms with van der Waals surface area (Å²) in [6.07, 6.45) is -0.661. The minimum atomic E-state index is -3.20. The Morgan fingerprint density at radius 1 is 1.28 bits per heavy atom. The van der Waals surface area contributed by atoms with Crippen LogP contribution in [0.4, 0.5) is 5.69 Å². The average molecular weight is 421 g/mol. The number of sulfone groups is 1. The summed E-state index contributed by atoms with van der Waals surface area (Å²) in [6, 6.07) is 6.64. The van der Waals surface area contributed by atoms with Crippen LogP contribution in [0.5, 0.6) is 0 Å². The molecular formula is C19H23N3O6S. The van der Waals surface area contributed by atoms with Crippen molar-refractivity contribution in [3.05, 3.63) is 29.8 Å². The number of benzene rings is 1. The zero-order valence-corrected chi connectivity index (χ0v) is 17.1. The Morgan fingerprint density at radius 2 is 2.00 bits per heavy atom. The lowest BCUT2D eigenvalue weighted by Gasteiger charge is -2.27. The summed E-state index contributed by atoms with van der Waals surface area (Å²) < 4.78 is 28.6. The number of carbonyl (C=O) groups excluding carboxylic acids is 3. The number of esters is 1. The number of ether oxygens (including phenoxy) is 1. The number of nitrogens with one attached hydrogen (secondary N) is 1. The fraction of sp³-hybridized carbons (Fsp3) is 0.474. The zero-order valence-electron chi connectivity index (χ0n) is 16.3. The third kappa shape index (κ3) is 5.00. The third-order valence-corrected chi connectivity index (χ3v) is 6.66. The van der Waals surface area contributed by atoms with Crippen LogP contribution in [0.3, 0.4) is 0 Å². The van der Waals surface area contributed by atoms with Gasteiger partial charge in [0.1, 0.15) is 5.71 Å². The Hall–Kier alpha value is -2.75. The molecule has 9 nitrogen and oxygen atoms in total. The molecular weight excluding hydrogens is 398 g/mol. The largest absolute Gasteiger partial charge is 0.448 e. The number of hydrogen-bond acceptors (Lipinski definition) is 7. The first-order valence-corrected chi connectivity index (χ1v) is 11.2. The maximum Gasteiger partial charge on any atom is 0.355 e. The summed E-state index contributed by atoms with van der Waals surface area (Å²) in [7, 11) is -3.20. The molecule has 1 aromatic rings. The molecule has 1 fully saturated rings. The molecule has 1 aromatic carbocycles. The van der Waals surface area contributed by atoms with E-state index < -0.39 is 33.9 Å². The quantitative estimate of drug-likeness (QED) is 0.709. The van der Waals surface area contributed by atoms with Gasteiger partial charge in [0.05, 0.1) is 17.5 Å². The summed E-state index contributed by atoms with van der Waals surface area (Å²) >= 11 is 0. The smallest absolute Gasteiger partial charge is 0.355 e. The average Bonchev–Trinajstić information content (AvgIpc) is 3.03. The molecule has 2 aliphatic rings. The molecule has 0 spiro atoms. The van der Waals surface area contributed by atoms with Gasteiger partial charge < -0.3 is 10.1 Å². The Labute approximate surface area is 169 Å². The van der Waals surface area contributed by atoms with Crippen molar-refractivity contribution in [3.8, 4) is 0 Å². The van der Waals surface area contributed by atoms with Gasteiger partial charge in [-0.3, -0.25) is 9.59 Å². The lowest BCUT2D eigenvalue weighted by Crippen LogP contribution is -2.42. The highest BCUT2D eigenvalue weighted by atomic mass is 32.2. The lowest BCUT2D eigenvalue weighted by molar-refractivity contribution is -0.147. The molecule has 29 heavy (non-hydrogen) atoms. The topological polar surface area (TPSA) is 122 Å². The van der Waals surface area contributed by atoms with Gasteiger partial charge in [-0.1, -0.05) is 18.2 Å². The highest BCUT2D eigenvalue weighted by Gasteiger charge is 2.37. The Kier molecular flexibility index (Phi) is 6.02. The Balaban J connectivity index is 1.64. The van der Waals surface area contributed by atoms with Crippen molar-refractivity contribution in [1.29, 1.82) is 0 Å². The van der Waals surface area contributed by atoms with Gasteiger partial charge in [-0.2, -0.15) is 5.10 Å². The van der Waals surface area contributed by atoms with Crippen LogP contribution in [-0.4, -0.2) is 60.6 Å². The van der Waals surface area contributed by atoms with Gasteiger partial charge in [-0.25, -0.2) is 18.2 Å². The molecule has 1 saturated heterocycles. The first-order chi connectivity index (χ1) is 13.7. The Morgan fingerprint density at radius 3 is 2.66 bits per heavy atom. The van der Waals surface area contributed by atoms with E-state index >= 15 is 0 Å². The van der Waals surface area contributed by atoms with Crippen molar-refractivity contribution in [2.75, 3.05) is 16.8 Å². The number of aryl methyl sites for hydroxylation is 1. The predicted molar refractivity (Wildman–Crippen MR) is 106 cm³/mol. The van der Waals surface area contributed by atoms with Crippen LogP contribution in [0.15, 0.2) is 29.4 Å². The van der Waals surface area contributed by atoms with Crippen LogP contribution in [-0.2, 0) is 29.0 Å². The van der Waals surface area contributed by atoms with Crippen LogP contribution < -0.4 is 5.32 Å². The van der Waals surface area contributed by atoms with E-state index in [1.54, 1.807) is 12.1 Å². The van der Waals surface area contributed by atoms with Crippen molar-refractivity contribution in [1.82, 2.24) is 5.01 Å². The molecule has 0 aliphatic carbocycles. The van der Waals surface area contributed by atoms with Crippen LogP contribution >= 0.6 is 0 Å². The maximum atomic E-state index is 12.4. The van der Waals surface area contributed by atoms with Gasteiger partial charge in [0.25, 0.3) is 5.91 Å². The summed E-state index contributed by atoms with van der Waals surface area (Å²) in [5, 5.41) is 7.84. The van der Waals surface area contributed by atoms with E-state index in [1.807, 2.05) is 19.1 Å². The second-order valence-corrected chi connectivity index (χ2v) is 9.42. The van der Waals surface area contributed by atoms with Crippen LogP contribution in [0.25, 0.3) is 0 Å². The molecule has 2 amide bonds. The number of nitrogens with zero attached hydrogens (tertiary/aromatic N) is 2. The molecule has 0 saturated carbocycles. The van der Waals surface area contributed by atoms with Crippen molar-refractivity contribution in [2.24, 2.45) is 5.10 Å². The van der Waals surface area contributed by atoms with E-state index in [0.29, 0.717) is 5.69 Å². The van der Waals surface area contributed by atoms with Crippen LogP contribution in [0.2, 0.25) is 0 Å². The summed E-state index contributed by atoms with van der Waals surface area (Å²) in [5.41, 5.74) is 1.50. The first-order valence-electron chi connectivity index (χ1n) is 9.34. The fourth-order valence-corrected chi connectivity index (χ4v) is 4.89. The lowest BCUT2D eigenvalue weighted by atomic mass is 10.1. The second-order valence-electron chi connectivity index (χ2n) is 7.19. The third-order valence-electron chi connectivity index (χ3n) is 4.91. The SMILES string of the molecule is Cc1ccccc1NC(=O)[C@H](C)OC(=O)C1=NN([C@H]2CCS(=O)(=O)C2)C(=O)CC1. The molecule has 10 heteroatoms. The van der Waals surface area contributed by atoms with E-state index in [4.69, 9.17) is 4.74 Å². The van der Waals surface area contributed by atoms with Crippen LogP contribution in [0, 0.1) is 6.92 Å². The van der Waals surface area contributed by atoms with Gasteiger partial charge in [0, 0.05) is 18.5 Å². The van der Waals surface area contributed by atoms with E-state index in [9.17, 15) is 22.8 Å². The van der Waals surface area contributed by atoms with Gasteiger partial charge in [0.15, 0.2) is 15.9 Å². The number of carbonyl (C=O) groups is 3. The number of anilines is 1. The molecule has 2 atom stereocenters. The number of rotatable bonds is 5. The van der Waals surface area contributed by atoms with E-state index in [0.717, 1.165) is 10.6 Å². The molecule has 0 radical (unpaired) electrons. The van der Waals surface area contributed by atoms with Gasteiger partial charge in [-0.15, -0.1) is 0 Å². The first kappa shape index (κ1) is 21.0. The molecule has 2 heterocycles. The number of para-hydroxylation sites is 1. The molecule has 0 unspecified atom stereocenters. The maximum absolute atomic E-state index is 12.4. The van der Waals surface area contributed by atoms with Gasteiger partial charge in [-0.05, 0) is 31.9 Å². The molecule has 1 N–H and O–H groups in total. The summed E-state index contributed by atoms with van der Waals surface area (Å²) in [5.74, 6) is -1.78. The summed E-state index contributed by atoms with van der Waals surface area (Å²) in [4.78, 5) is 36.9. The highest BCUT2D eigenvalue weighted by Crippen LogP contribution is 2.22. The molecule has 0 aromatic heterocycles. The van der Waals surface area contributed by atoms with Gasteiger partial charge >= 0.3 is 5.97 Å². The molecule has 156 valence electrons. The van der Waals surface area contributed by atoms with Crippen LogP contribution in [0.1, 0.15) is 31.7 Å². The number of hydrazone groups is 1. The molecule has 2 aliphatic heterocycles. The fourth-order valence-electron chi connectivity index (χ4n) is 3.20. The zero-order chi connectivity index (χ0) is 21.2. The van der Waals surface area contributed by atoms with E-state index in [2.05, 4.69) is 10.4 Å². The summed E-state index contributed by atoms with van der Waals surface area (Å²) in [6.45, 7) is 3.29.